The molecule has 0 atom stereocenters. The van der Waals surface area contributed by atoms with Crippen LogP contribution in [0.2, 0.25) is 0 Å². The molecule has 0 aromatic carbocycles. The van der Waals surface area contributed by atoms with Crippen molar-refractivity contribution in [1.82, 2.24) is 15.3 Å². The van der Waals surface area contributed by atoms with Gasteiger partial charge in [-0.15, -0.1) is 0 Å². The van der Waals surface area contributed by atoms with E-state index in [1.54, 1.807) is 0 Å². The highest BCUT2D eigenvalue weighted by molar-refractivity contribution is 5.10. The van der Waals surface area contributed by atoms with Crippen LogP contribution < -0.4 is 5.32 Å². The molecule has 1 saturated heterocycles. The van der Waals surface area contributed by atoms with Crippen molar-refractivity contribution in [3.8, 4) is 0 Å². The van der Waals surface area contributed by atoms with E-state index < -0.39 is 12.0 Å². The molecule has 84 valence electrons. The summed E-state index contributed by atoms with van der Waals surface area (Å²) in [4.78, 5) is 5.72. The van der Waals surface area contributed by atoms with Crippen molar-refractivity contribution in [2.24, 2.45) is 0 Å². The monoisotopic (exact) mass is 219 g/mol. The lowest BCUT2D eigenvalue weighted by atomic mass is 9.95. The van der Waals surface area contributed by atoms with Crippen molar-refractivity contribution >= 4 is 0 Å². The predicted molar refractivity (Wildman–Crippen MR) is 48.4 cm³/mol. The summed E-state index contributed by atoms with van der Waals surface area (Å²) in [5.41, 5.74) is 0.601. The van der Waals surface area contributed by atoms with Crippen LogP contribution in [0.4, 0.5) is 13.2 Å². The number of hydrogen-bond donors (Lipinski definition) is 2. The Kier molecular flexibility index (Phi) is 2.68. The molecule has 1 aliphatic rings. The van der Waals surface area contributed by atoms with Gasteiger partial charge >= 0.3 is 6.18 Å². The lowest BCUT2D eigenvalue weighted by Gasteiger charge is -2.21. The van der Waals surface area contributed by atoms with Crippen LogP contribution in [0.25, 0.3) is 0 Å². The van der Waals surface area contributed by atoms with Crippen molar-refractivity contribution < 1.29 is 13.2 Å². The summed E-state index contributed by atoms with van der Waals surface area (Å²) < 4.78 is 36.8. The maximum absolute atomic E-state index is 12.3. The predicted octanol–water partition coefficient (Wildman–Crippen LogP) is 1.90. The largest absolute Gasteiger partial charge is 0.449 e. The number of alkyl halides is 3. The molecule has 0 bridgehead atoms. The SMILES string of the molecule is FC(F)(F)c1ncc(C2CCNCC2)[nH]1. The molecule has 15 heavy (non-hydrogen) atoms. The highest BCUT2D eigenvalue weighted by Gasteiger charge is 2.35. The molecular formula is C9H12F3N3. The highest BCUT2D eigenvalue weighted by Crippen LogP contribution is 2.29. The quantitative estimate of drug-likeness (QED) is 0.757. The Balaban J connectivity index is 2.12. The van der Waals surface area contributed by atoms with E-state index in [2.05, 4.69) is 15.3 Å². The second-order valence-electron chi connectivity index (χ2n) is 3.71. The number of halogens is 3. The molecule has 0 aliphatic carbocycles. The van der Waals surface area contributed by atoms with E-state index in [4.69, 9.17) is 0 Å². The van der Waals surface area contributed by atoms with Crippen LogP contribution >= 0.6 is 0 Å². The van der Waals surface area contributed by atoms with Gasteiger partial charge in [0.2, 0.25) is 5.82 Å². The normalized spacial score (nSPS) is 19.4. The van der Waals surface area contributed by atoms with Gasteiger partial charge in [-0.05, 0) is 25.9 Å². The van der Waals surface area contributed by atoms with Gasteiger partial charge in [0, 0.05) is 17.8 Å². The fourth-order valence-electron chi connectivity index (χ4n) is 1.82. The van der Waals surface area contributed by atoms with Gasteiger partial charge in [-0.2, -0.15) is 13.2 Å². The van der Waals surface area contributed by atoms with Gasteiger partial charge in [-0.1, -0.05) is 0 Å². The van der Waals surface area contributed by atoms with E-state index in [0.29, 0.717) is 5.69 Å². The number of piperidine rings is 1. The third kappa shape index (κ3) is 2.31. The average molecular weight is 219 g/mol. The zero-order valence-corrected chi connectivity index (χ0v) is 8.06. The first-order chi connectivity index (χ1) is 7.07. The number of nitrogens with one attached hydrogen (secondary N) is 2. The first-order valence-corrected chi connectivity index (χ1v) is 4.90. The summed E-state index contributed by atoms with van der Waals surface area (Å²) in [5.74, 6) is -0.717. The van der Waals surface area contributed by atoms with E-state index in [1.165, 1.54) is 6.20 Å². The lowest BCUT2D eigenvalue weighted by Crippen LogP contribution is -2.26. The topological polar surface area (TPSA) is 40.7 Å². The molecule has 2 N–H and O–H groups in total. The standard InChI is InChI=1S/C9H12F3N3/c10-9(11,12)8-14-5-7(15-8)6-1-3-13-4-2-6/h5-6,13H,1-4H2,(H,14,15). The Morgan fingerprint density at radius 3 is 2.47 bits per heavy atom. The Morgan fingerprint density at radius 2 is 1.93 bits per heavy atom. The van der Waals surface area contributed by atoms with Crippen LogP contribution in [0.15, 0.2) is 6.20 Å². The summed E-state index contributed by atoms with van der Waals surface area (Å²) >= 11 is 0. The van der Waals surface area contributed by atoms with Crippen molar-refractivity contribution in [3.63, 3.8) is 0 Å². The van der Waals surface area contributed by atoms with Crippen LogP contribution in [-0.4, -0.2) is 23.1 Å². The molecule has 1 aromatic heterocycles. The minimum absolute atomic E-state index is 0.176. The van der Waals surface area contributed by atoms with Crippen LogP contribution in [-0.2, 0) is 6.18 Å². The van der Waals surface area contributed by atoms with E-state index >= 15 is 0 Å². The van der Waals surface area contributed by atoms with E-state index in [0.717, 1.165) is 25.9 Å². The Labute approximate surface area is 85.1 Å². The van der Waals surface area contributed by atoms with Gasteiger partial charge in [-0.25, -0.2) is 4.98 Å². The van der Waals surface area contributed by atoms with E-state index in [9.17, 15) is 13.2 Å². The van der Waals surface area contributed by atoms with Crippen LogP contribution in [0.3, 0.4) is 0 Å². The molecule has 0 radical (unpaired) electrons. The Bertz CT molecular complexity index is 326. The molecular weight excluding hydrogens is 207 g/mol. The van der Waals surface area contributed by atoms with Gasteiger partial charge in [-0.3, -0.25) is 0 Å². The Morgan fingerprint density at radius 1 is 1.27 bits per heavy atom. The van der Waals surface area contributed by atoms with Crippen molar-refractivity contribution in [2.45, 2.75) is 24.9 Å². The number of hydrogen-bond acceptors (Lipinski definition) is 2. The summed E-state index contributed by atoms with van der Waals surface area (Å²) in [5, 5.41) is 3.16. The first-order valence-electron chi connectivity index (χ1n) is 4.90. The number of nitrogens with zero attached hydrogens (tertiary/aromatic N) is 1. The number of H-pyrrole nitrogens is 1. The maximum atomic E-state index is 12.3. The molecule has 6 heteroatoms. The third-order valence-electron chi connectivity index (χ3n) is 2.64. The minimum Gasteiger partial charge on any atom is -0.338 e. The van der Waals surface area contributed by atoms with Crippen molar-refractivity contribution in [2.75, 3.05) is 13.1 Å². The number of rotatable bonds is 1. The van der Waals surface area contributed by atoms with Gasteiger partial charge in [0.1, 0.15) is 0 Å². The van der Waals surface area contributed by atoms with Crippen LogP contribution in [0, 0.1) is 0 Å². The minimum atomic E-state index is -4.37. The van der Waals surface area contributed by atoms with E-state index in [-0.39, 0.29) is 5.92 Å². The highest BCUT2D eigenvalue weighted by atomic mass is 19.4. The van der Waals surface area contributed by atoms with Crippen LogP contribution in [0.5, 0.6) is 0 Å². The number of aromatic nitrogens is 2. The molecule has 2 heterocycles. The molecule has 3 nitrogen and oxygen atoms in total. The Hall–Kier alpha value is -1.04. The van der Waals surface area contributed by atoms with Crippen molar-refractivity contribution in [3.05, 3.63) is 17.7 Å². The molecule has 1 aliphatic heterocycles. The third-order valence-corrected chi connectivity index (χ3v) is 2.64. The van der Waals surface area contributed by atoms with Gasteiger partial charge in [0.05, 0.1) is 0 Å². The van der Waals surface area contributed by atoms with Gasteiger partial charge < -0.3 is 10.3 Å². The summed E-state index contributed by atoms with van der Waals surface area (Å²) in [6.07, 6.45) is -1.34. The maximum Gasteiger partial charge on any atom is 0.449 e. The summed E-state index contributed by atoms with van der Waals surface area (Å²) in [6, 6.07) is 0. The van der Waals surface area contributed by atoms with Gasteiger partial charge in [0.15, 0.2) is 0 Å². The zero-order valence-electron chi connectivity index (χ0n) is 8.06. The molecule has 2 rings (SSSR count). The van der Waals surface area contributed by atoms with E-state index in [1.807, 2.05) is 0 Å². The second kappa shape index (κ2) is 3.84. The lowest BCUT2D eigenvalue weighted by molar-refractivity contribution is -0.144. The average Bonchev–Trinajstić information content (AvgIpc) is 2.67. The fourth-order valence-corrected chi connectivity index (χ4v) is 1.82. The first kappa shape index (κ1) is 10.5. The number of imidazole rings is 1. The second-order valence-corrected chi connectivity index (χ2v) is 3.71. The number of aromatic amines is 1. The van der Waals surface area contributed by atoms with Gasteiger partial charge in [0.25, 0.3) is 0 Å². The van der Waals surface area contributed by atoms with Crippen molar-refractivity contribution in [1.29, 1.82) is 0 Å². The summed E-state index contributed by atoms with van der Waals surface area (Å²) in [6.45, 7) is 1.70. The molecule has 0 unspecified atom stereocenters. The molecule has 1 aromatic rings. The molecule has 0 saturated carbocycles. The zero-order chi connectivity index (χ0) is 10.9. The van der Waals surface area contributed by atoms with Crippen LogP contribution in [0.1, 0.15) is 30.3 Å². The molecule has 0 amide bonds. The smallest absolute Gasteiger partial charge is 0.338 e. The molecule has 0 spiro atoms. The molecule has 1 fully saturated rings. The fraction of sp³-hybridized carbons (Fsp3) is 0.667. The summed E-state index contributed by atoms with van der Waals surface area (Å²) in [7, 11) is 0.